The molecule has 0 bridgehead atoms. The molecule has 1 N–H and O–H groups in total. The molecule has 2 aliphatic rings. The first-order valence-electron chi connectivity index (χ1n) is 11.9. The van der Waals surface area contributed by atoms with Crippen molar-refractivity contribution in [3.05, 3.63) is 84.9 Å². The maximum absolute atomic E-state index is 13.5. The molecule has 0 spiro atoms. The molecule has 35 heavy (non-hydrogen) atoms. The number of aromatic nitrogens is 2. The highest BCUT2D eigenvalue weighted by atomic mass is 32.1. The van der Waals surface area contributed by atoms with Crippen molar-refractivity contribution in [2.24, 2.45) is 7.05 Å². The number of thiophene rings is 1. The van der Waals surface area contributed by atoms with E-state index in [9.17, 15) is 14.9 Å². The minimum absolute atomic E-state index is 0.0112. The van der Waals surface area contributed by atoms with Gasteiger partial charge in [-0.2, -0.15) is 16.4 Å². The van der Waals surface area contributed by atoms with Gasteiger partial charge in [-0.1, -0.05) is 31.0 Å². The first-order chi connectivity index (χ1) is 17.0. The van der Waals surface area contributed by atoms with Crippen molar-refractivity contribution < 1.29 is 14.5 Å². The van der Waals surface area contributed by atoms with Crippen LogP contribution in [-0.2, 0) is 23.0 Å². The second kappa shape index (κ2) is 9.65. The number of anilines is 1. The van der Waals surface area contributed by atoms with Crippen molar-refractivity contribution in [2.45, 2.75) is 50.9 Å². The van der Waals surface area contributed by atoms with E-state index in [1.807, 2.05) is 30.8 Å². The normalized spacial score (nSPS) is 17.8. The molecule has 8 nitrogen and oxygen atoms in total. The lowest BCUT2D eigenvalue weighted by Crippen LogP contribution is -2.26. The molecule has 1 saturated carbocycles. The summed E-state index contributed by atoms with van der Waals surface area (Å²) in [7, 11) is 1.87. The number of benzene rings is 1. The second-order valence-corrected chi connectivity index (χ2v) is 9.96. The van der Waals surface area contributed by atoms with Crippen LogP contribution in [0.2, 0.25) is 0 Å². The van der Waals surface area contributed by atoms with Gasteiger partial charge >= 0.3 is 5.97 Å². The van der Waals surface area contributed by atoms with Crippen LogP contribution in [0, 0.1) is 10.1 Å². The zero-order valence-electron chi connectivity index (χ0n) is 19.8. The van der Waals surface area contributed by atoms with Gasteiger partial charge in [-0.25, -0.2) is 4.79 Å². The summed E-state index contributed by atoms with van der Waals surface area (Å²) in [4.78, 5) is 25.2. The van der Waals surface area contributed by atoms with Crippen LogP contribution >= 0.6 is 11.3 Å². The molecule has 1 aliphatic carbocycles. The molecule has 3 heterocycles. The fourth-order valence-electron chi connectivity index (χ4n) is 5.35. The molecule has 1 fully saturated rings. The number of nitro groups is 1. The van der Waals surface area contributed by atoms with Gasteiger partial charge in [0.05, 0.1) is 28.7 Å². The van der Waals surface area contributed by atoms with Gasteiger partial charge in [-0.15, -0.1) is 0 Å². The Morgan fingerprint density at radius 2 is 2.06 bits per heavy atom. The number of fused-ring (bicyclic) bond motifs is 1. The van der Waals surface area contributed by atoms with Crippen molar-refractivity contribution in [3.8, 4) is 0 Å². The number of carbonyl (C=O) groups excluding carboxylic acids is 1. The number of carbonyl (C=O) groups is 1. The Labute approximate surface area is 207 Å². The van der Waals surface area contributed by atoms with Crippen molar-refractivity contribution in [1.29, 1.82) is 0 Å². The summed E-state index contributed by atoms with van der Waals surface area (Å²) in [5.41, 5.74) is 4.39. The first-order valence-corrected chi connectivity index (χ1v) is 12.9. The number of aryl methyl sites for hydroxylation is 1. The maximum atomic E-state index is 13.5. The fourth-order valence-corrected chi connectivity index (χ4v) is 6.06. The molecule has 1 aliphatic heterocycles. The van der Waals surface area contributed by atoms with Crippen molar-refractivity contribution in [1.82, 2.24) is 9.78 Å². The van der Waals surface area contributed by atoms with Crippen LogP contribution in [0.5, 0.6) is 0 Å². The SMILES string of the molecule is CC1=C(C(=O)OCCc2ccsc2)C(c2ccccc2[N+](=O)[O-])c2c(C3CCCC3)nn(C)c2N1. The molecule has 5 rings (SSSR count). The molecule has 0 amide bonds. The Bertz CT molecular complexity index is 1290. The standard InChI is InChI=1S/C26H28N4O4S/c1-16-21(26(31)34-13-11-17-12-14-35-15-17)22(19-9-5-6-10-20(19)30(32)33)23-24(18-7-3-4-8-18)28-29(2)25(23)27-16/h5-6,9-10,12,14-15,18,22,27H,3-4,7-8,11,13H2,1-2H3. The smallest absolute Gasteiger partial charge is 0.336 e. The molecule has 0 radical (unpaired) electrons. The van der Waals surface area contributed by atoms with E-state index < -0.39 is 11.9 Å². The van der Waals surface area contributed by atoms with E-state index >= 15 is 0 Å². The summed E-state index contributed by atoms with van der Waals surface area (Å²) in [5.74, 6) is -0.0419. The summed E-state index contributed by atoms with van der Waals surface area (Å²) >= 11 is 1.60. The summed E-state index contributed by atoms with van der Waals surface area (Å²) in [6, 6.07) is 8.69. The van der Waals surface area contributed by atoms with Gasteiger partial charge in [0.15, 0.2) is 0 Å². The average Bonchev–Trinajstić information content (AvgIpc) is 3.61. The summed E-state index contributed by atoms with van der Waals surface area (Å²) < 4.78 is 7.53. The Hall–Kier alpha value is -3.46. The third-order valence-corrected chi connectivity index (χ3v) is 7.74. The summed E-state index contributed by atoms with van der Waals surface area (Å²) in [6.45, 7) is 2.06. The number of hydrogen-bond donors (Lipinski definition) is 1. The van der Waals surface area contributed by atoms with Crippen LogP contribution in [-0.4, -0.2) is 27.3 Å². The van der Waals surface area contributed by atoms with E-state index in [0.29, 0.717) is 23.3 Å². The van der Waals surface area contributed by atoms with E-state index in [0.717, 1.165) is 48.3 Å². The highest BCUT2D eigenvalue weighted by Crippen LogP contribution is 2.49. The minimum Gasteiger partial charge on any atom is -0.462 e. The number of nitrogens with one attached hydrogen (secondary N) is 1. The second-order valence-electron chi connectivity index (χ2n) is 9.18. The molecular formula is C26H28N4O4S. The lowest BCUT2D eigenvalue weighted by molar-refractivity contribution is -0.385. The molecule has 1 atom stereocenters. The number of nitrogens with zero attached hydrogens (tertiary/aromatic N) is 3. The van der Waals surface area contributed by atoms with E-state index in [4.69, 9.17) is 9.84 Å². The zero-order chi connectivity index (χ0) is 24.5. The van der Waals surface area contributed by atoms with Crippen LogP contribution < -0.4 is 5.32 Å². The van der Waals surface area contributed by atoms with Crippen molar-refractivity contribution in [3.63, 3.8) is 0 Å². The zero-order valence-corrected chi connectivity index (χ0v) is 20.6. The van der Waals surface area contributed by atoms with E-state index in [-0.39, 0.29) is 23.1 Å². The molecule has 9 heteroatoms. The summed E-state index contributed by atoms with van der Waals surface area (Å²) in [6.07, 6.45) is 4.93. The number of para-hydroxylation sites is 1. The molecule has 1 unspecified atom stereocenters. The molecular weight excluding hydrogens is 464 g/mol. The minimum atomic E-state index is -0.634. The summed E-state index contributed by atoms with van der Waals surface area (Å²) in [5, 5.41) is 24.3. The average molecular weight is 493 g/mol. The monoisotopic (exact) mass is 492 g/mol. The van der Waals surface area contributed by atoms with Crippen molar-refractivity contribution in [2.75, 3.05) is 11.9 Å². The predicted molar refractivity (Wildman–Crippen MR) is 135 cm³/mol. The van der Waals surface area contributed by atoms with Gasteiger partial charge in [0.1, 0.15) is 5.82 Å². The fraction of sp³-hybridized carbons (Fsp3) is 0.385. The van der Waals surface area contributed by atoms with Gasteiger partial charge < -0.3 is 10.1 Å². The molecule has 2 aromatic heterocycles. The van der Waals surface area contributed by atoms with Gasteiger partial charge in [-0.05, 0) is 42.2 Å². The van der Waals surface area contributed by atoms with Crippen LogP contribution in [0.25, 0.3) is 0 Å². The number of esters is 1. The van der Waals surface area contributed by atoms with E-state index in [2.05, 4.69) is 5.32 Å². The lowest BCUT2D eigenvalue weighted by atomic mass is 9.79. The number of hydrogen-bond acceptors (Lipinski definition) is 7. The van der Waals surface area contributed by atoms with E-state index in [1.54, 1.807) is 34.2 Å². The van der Waals surface area contributed by atoms with E-state index in [1.165, 1.54) is 6.07 Å². The van der Waals surface area contributed by atoms with Crippen LogP contribution in [0.1, 0.15) is 66.8 Å². The largest absolute Gasteiger partial charge is 0.462 e. The van der Waals surface area contributed by atoms with Crippen LogP contribution in [0.3, 0.4) is 0 Å². The third-order valence-electron chi connectivity index (χ3n) is 7.01. The third kappa shape index (κ3) is 4.36. The number of ether oxygens (including phenoxy) is 1. The van der Waals surface area contributed by atoms with Gasteiger partial charge in [0.25, 0.3) is 5.69 Å². The maximum Gasteiger partial charge on any atom is 0.336 e. The van der Waals surface area contributed by atoms with Crippen molar-refractivity contribution >= 4 is 28.8 Å². The highest BCUT2D eigenvalue weighted by Gasteiger charge is 2.42. The Morgan fingerprint density at radius 1 is 1.29 bits per heavy atom. The first kappa shape index (κ1) is 23.3. The van der Waals surface area contributed by atoms with Crippen LogP contribution in [0.4, 0.5) is 11.5 Å². The Morgan fingerprint density at radius 3 is 2.77 bits per heavy atom. The molecule has 182 valence electrons. The van der Waals surface area contributed by atoms with Gasteiger partial charge in [0.2, 0.25) is 0 Å². The predicted octanol–water partition coefficient (Wildman–Crippen LogP) is 5.66. The quantitative estimate of drug-likeness (QED) is 0.259. The number of allylic oxidation sites excluding steroid dienone is 1. The molecule has 1 aromatic carbocycles. The number of rotatable bonds is 7. The van der Waals surface area contributed by atoms with Gasteiger partial charge in [0, 0.05) is 42.3 Å². The molecule has 0 saturated heterocycles. The van der Waals surface area contributed by atoms with Crippen LogP contribution in [0.15, 0.2) is 52.4 Å². The Kier molecular flexibility index (Phi) is 6.42. The Balaban J connectivity index is 1.60. The number of nitro benzene ring substituents is 1. The van der Waals surface area contributed by atoms with Gasteiger partial charge in [-0.3, -0.25) is 14.8 Å². The molecule has 3 aromatic rings. The topological polar surface area (TPSA) is 99.3 Å². The lowest BCUT2D eigenvalue weighted by Gasteiger charge is -2.29. The highest BCUT2D eigenvalue weighted by molar-refractivity contribution is 7.07.